The summed E-state index contributed by atoms with van der Waals surface area (Å²) in [5, 5.41) is 2.95. The first-order chi connectivity index (χ1) is 11.7. The van der Waals surface area contributed by atoms with Crippen LogP contribution in [0.5, 0.6) is 11.5 Å². The van der Waals surface area contributed by atoms with E-state index >= 15 is 0 Å². The van der Waals surface area contributed by atoms with Crippen LogP contribution >= 0.6 is 0 Å². The first kappa shape index (κ1) is 16.4. The zero-order valence-electron chi connectivity index (χ0n) is 14.2. The van der Waals surface area contributed by atoms with Crippen LogP contribution in [0.4, 0.5) is 0 Å². The topological polar surface area (TPSA) is 47.6 Å². The van der Waals surface area contributed by atoms with E-state index < -0.39 is 0 Å². The highest BCUT2D eigenvalue weighted by molar-refractivity contribution is 5.78. The highest BCUT2D eigenvalue weighted by Gasteiger charge is 2.13. The molecule has 4 heteroatoms. The predicted octanol–water partition coefficient (Wildman–Crippen LogP) is 3.44. The van der Waals surface area contributed by atoms with Gasteiger partial charge in [0.25, 0.3) is 5.91 Å². The van der Waals surface area contributed by atoms with Gasteiger partial charge in [0.05, 0.1) is 13.2 Å². The lowest BCUT2D eigenvalue weighted by Crippen LogP contribution is -2.31. The molecule has 1 unspecified atom stereocenters. The van der Waals surface area contributed by atoms with Crippen molar-refractivity contribution in [3.8, 4) is 11.5 Å². The smallest absolute Gasteiger partial charge is 0.258 e. The summed E-state index contributed by atoms with van der Waals surface area (Å²) in [4.78, 5) is 12.1. The largest absolute Gasteiger partial charge is 0.497 e. The van der Waals surface area contributed by atoms with Gasteiger partial charge in [0.1, 0.15) is 11.5 Å². The Kier molecular flexibility index (Phi) is 5.04. The van der Waals surface area contributed by atoms with Gasteiger partial charge >= 0.3 is 0 Å². The molecule has 4 nitrogen and oxygen atoms in total. The van der Waals surface area contributed by atoms with Crippen LogP contribution < -0.4 is 14.8 Å². The maximum absolute atomic E-state index is 12.1. The molecule has 0 radical (unpaired) electrons. The van der Waals surface area contributed by atoms with Gasteiger partial charge in [-0.15, -0.1) is 0 Å². The minimum Gasteiger partial charge on any atom is -0.497 e. The van der Waals surface area contributed by atoms with E-state index in [2.05, 4.69) is 17.4 Å². The minimum absolute atomic E-state index is 0.0271. The average molecular weight is 325 g/mol. The van der Waals surface area contributed by atoms with Gasteiger partial charge in [-0.1, -0.05) is 18.2 Å². The fourth-order valence-corrected chi connectivity index (χ4v) is 3.05. The predicted molar refractivity (Wildman–Crippen MR) is 93.5 cm³/mol. The van der Waals surface area contributed by atoms with Gasteiger partial charge in [0, 0.05) is 0 Å². The summed E-state index contributed by atoms with van der Waals surface area (Å²) in [6.07, 6.45) is 3.46. The minimum atomic E-state index is -0.126. The van der Waals surface area contributed by atoms with E-state index in [-0.39, 0.29) is 18.6 Å². The van der Waals surface area contributed by atoms with E-state index in [4.69, 9.17) is 9.47 Å². The van der Waals surface area contributed by atoms with Crippen molar-refractivity contribution in [1.82, 2.24) is 5.32 Å². The van der Waals surface area contributed by atoms with Crippen molar-refractivity contribution in [2.24, 2.45) is 0 Å². The van der Waals surface area contributed by atoms with Gasteiger partial charge < -0.3 is 14.8 Å². The average Bonchev–Trinajstić information content (AvgIpc) is 3.07. The molecule has 1 amide bonds. The molecule has 24 heavy (non-hydrogen) atoms. The Labute approximate surface area is 142 Å². The number of carbonyl (C=O) groups excluding carboxylic acids is 1. The van der Waals surface area contributed by atoms with Crippen LogP contribution in [0.25, 0.3) is 0 Å². The van der Waals surface area contributed by atoms with Crippen molar-refractivity contribution in [2.45, 2.75) is 32.2 Å². The summed E-state index contributed by atoms with van der Waals surface area (Å²) in [6.45, 7) is 1.98. The molecule has 0 bridgehead atoms. The zero-order valence-corrected chi connectivity index (χ0v) is 14.2. The van der Waals surface area contributed by atoms with Gasteiger partial charge in [-0.3, -0.25) is 4.79 Å². The van der Waals surface area contributed by atoms with Crippen LogP contribution in [0.2, 0.25) is 0 Å². The Morgan fingerprint density at radius 1 is 1.08 bits per heavy atom. The number of hydrogen-bond acceptors (Lipinski definition) is 3. The summed E-state index contributed by atoms with van der Waals surface area (Å²) in [5.41, 5.74) is 3.78. The quantitative estimate of drug-likeness (QED) is 0.885. The second kappa shape index (κ2) is 7.39. The lowest BCUT2D eigenvalue weighted by Gasteiger charge is -2.15. The van der Waals surface area contributed by atoms with Crippen molar-refractivity contribution in [3.63, 3.8) is 0 Å². The van der Waals surface area contributed by atoms with Crippen LogP contribution in [-0.4, -0.2) is 19.6 Å². The Morgan fingerprint density at radius 2 is 1.79 bits per heavy atom. The van der Waals surface area contributed by atoms with Gasteiger partial charge in [0.15, 0.2) is 6.61 Å². The molecule has 0 fully saturated rings. The van der Waals surface area contributed by atoms with E-state index in [0.29, 0.717) is 0 Å². The Hall–Kier alpha value is -2.49. The number of fused-ring (bicyclic) bond motifs is 1. The van der Waals surface area contributed by atoms with Gasteiger partial charge in [-0.2, -0.15) is 0 Å². The van der Waals surface area contributed by atoms with Crippen molar-refractivity contribution in [1.29, 1.82) is 0 Å². The SMILES string of the molecule is COc1ccc(C(C)NC(=O)COc2ccc3c(c2)CCC3)cc1. The fourth-order valence-electron chi connectivity index (χ4n) is 3.05. The molecule has 2 aromatic rings. The van der Waals surface area contributed by atoms with Crippen molar-refractivity contribution < 1.29 is 14.3 Å². The van der Waals surface area contributed by atoms with E-state index in [1.807, 2.05) is 37.3 Å². The molecule has 1 N–H and O–H groups in total. The summed E-state index contributed by atoms with van der Waals surface area (Å²) in [5.74, 6) is 1.44. The number of amides is 1. The fraction of sp³-hybridized carbons (Fsp3) is 0.350. The Morgan fingerprint density at radius 3 is 2.54 bits per heavy atom. The first-order valence-electron chi connectivity index (χ1n) is 8.33. The molecule has 126 valence electrons. The van der Waals surface area contributed by atoms with E-state index in [1.165, 1.54) is 17.5 Å². The number of nitrogens with one attached hydrogen (secondary N) is 1. The standard InChI is InChI=1S/C20H23NO3/c1-14(15-6-9-18(23-2)10-7-15)21-20(22)13-24-19-11-8-16-4-3-5-17(16)12-19/h6-12,14H,3-5,13H2,1-2H3,(H,21,22). The molecule has 0 heterocycles. The maximum atomic E-state index is 12.1. The van der Waals surface area contributed by atoms with Crippen LogP contribution in [-0.2, 0) is 17.6 Å². The highest BCUT2D eigenvalue weighted by Crippen LogP contribution is 2.26. The number of rotatable bonds is 6. The summed E-state index contributed by atoms with van der Waals surface area (Å²) in [6, 6.07) is 13.7. The lowest BCUT2D eigenvalue weighted by atomic mass is 10.1. The lowest BCUT2D eigenvalue weighted by molar-refractivity contribution is -0.123. The number of hydrogen-bond donors (Lipinski definition) is 1. The second-order valence-electron chi connectivity index (χ2n) is 6.14. The number of ether oxygens (including phenoxy) is 2. The maximum Gasteiger partial charge on any atom is 0.258 e. The van der Waals surface area contributed by atoms with Crippen LogP contribution in [0.3, 0.4) is 0 Å². The van der Waals surface area contributed by atoms with Gasteiger partial charge in [-0.25, -0.2) is 0 Å². The summed E-state index contributed by atoms with van der Waals surface area (Å²) < 4.78 is 10.8. The molecule has 1 atom stereocenters. The van der Waals surface area contributed by atoms with E-state index in [1.54, 1.807) is 7.11 Å². The molecule has 2 aromatic carbocycles. The third kappa shape index (κ3) is 3.88. The number of methoxy groups -OCH3 is 1. The monoisotopic (exact) mass is 325 g/mol. The molecule has 0 aromatic heterocycles. The molecule has 1 aliphatic carbocycles. The first-order valence-corrected chi connectivity index (χ1v) is 8.33. The normalized spacial score (nSPS) is 13.9. The third-order valence-corrected chi connectivity index (χ3v) is 4.43. The van der Waals surface area contributed by atoms with Crippen LogP contribution in [0.15, 0.2) is 42.5 Å². The van der Waals surface area contributed by atoms with Crippen molar-refractivity contribution in [2.75, 3.05) is 13.7 Å². The zero-order chi connectivity index (χ0) is 16.9. The van der Waals surface area contributed by atoms with Gasteiger partial charge in [0.2, 0.25) is 0 Å². The third-order valence-electron chi connectivity index (χ3n) is 4.43. The Balaban J connectivity index is 1.51. The molecule has 0 saturated carbocycles. The molecule has 3 rings (SSSR count). The van der Waals surface area contributed by atoms with E-state index in [0.717, 1.165) is 29.9 Å². The molecule has 0 saturated heterocycles. The molecular formula is C20H23NO3. The Bertz CT molecular complexity index is 709. The summed E-state index contributed by atoms with van der Waals surface area (Å²) in [7, 11) is 1.64. The van der Waals surface area contributed by atoms with Crippen molar-refractivity contribution >= 4 is 5.91 Å². The van der Waals surface area contributed by atoms with Crippen LogP contribution in [0.1, 0.15) is 36.1 Å². The molecule has 1 aliphatic rings. The van der Waals surface area contributed by atoms with E-state index in [9.17, 15) is 4.79 Å². The molecule has 0 aliphatic heterocycles. The van der Waals surface area contributed by atoms with Crippen LogP contribution in [0, 0.1) is 0 Å². The second-order valence-corrected chi connectivity index (χ2v) is 6.14. The highest BCUT2D eigenvalue weighted by atomic mass is 16.5. The molecule has 0 spiro atoms. The number of carbonyl (C=O) groups is 1. The van der Waals surface area contributed by atoms with Crippen molar-refractivity contribution in [3.05, 3.63) is 59.2 Å². The number of aryl methyl sites for hydroxylation is 2. The van der Waals surface area contributed by atoms with Gasteiger partial charge in [-0.05, 0) is 67.1 Å². The molecular weight excluding hydrogens is 302 g/mol. The summed E-state index contributed by atoms with van der Waals surface area (Å²) >= 11 is 0. The number of benzene rings is 2.